The van der Waals surface area contributed by atoms with Crippen LogP contribution in [-0.2, 0) is 27.3 Å². The van der Waals surface area contributed by atoms with Crippen LogP contribution in [-0.4, -0.2) is 42.4 Å². The van der Waals surface area contributed by atoms with Gasteiger partial charge in [0, 0.05) is 23.8 Å². The van der Waals surface area contributed by atoms with E-state index in [1.165, 1.54) is 0 Å². The van der Waals surface area contributed by atoms with E-state index in [2.05, 4.69) is 0 Å². The van der Waals surface area contributed by atoms with Crippen LogP contribution in [0.25, 0.3) is 0 Å². The van der Waals surface area contributed by atoms with E-state index in [1.54, 1.807) is 34.9 Å². The van der Waals surface area contributed by atoms with Gasteiger partial charge in [-0.25, -0.2) is 0 Å². The van der Waals surface area contributed by atoms with Crippen molar-refractivity contribution in [3.63, 3.8) is 0 Å². The Kier molecular flexibility index (Phi) is 9.43. The Morgan fingerprint density at radius 1 is 0.974 bits per heavy atom. The number of carbonyl (C=O) groups excluding carboxylic acids is 3. The molecule has 198 valence electrons. The zero-order chi connectivity index (χ0) is 27.1. The van der Waals surface area contributed by atoms with E-state index in [0.29, 0.717) is 42.5 Å². The lowest BCUT2D eigenvalue weighted by atomic mass is 9.97. The van der Waals surface area contributed by atoms with Crippen molar-refractivity contribution in [3.05, 3.63) is 99.5 Å². The van der Waals surface area contributed by atoms with Crippen molar-refractivity contribution in [2.45, 2.75) is 32.7 Å². The first-order valence-electron chi connectivity index (χ1n) is 12.7. The molecule has 1 aliphatic rings. The molecule has 0 N–H and O–H groups in total. The van der Waals surface area contributed by atoms with Gasteiger partial charge < -0.3 is 14.5 Å². The minimum absolute atomic E-state index is 0.0306. The number of esters is 1. The van der Waals surface area contributed by atoms with Gasteiger partial charge >= 0.3 is 5.97 Å². The molecule has 0 unspecified atom stereocenters. The van der Waals surface area contributed by atoms with Crippen molar-refractivity contribution in [3.8, 4) is 0 Å². The second-order valence-electron chi connectivity index (χ2n) is 9.28. The predicted molar refractivity (Wildman–Crippen MR) is 150 cm³/mol. The summed E-state index contributed by atoms with van der Waals surface area (Å²) in [6, 6.07) is 21.9. The largest absolute Gasteiger partial charge is 0.466 e. The molecule has 1 aliphatic heterocycles. The van der Waals surface area contributed by atoms with Crippen LogP contribution in [0.1, 0.15) is 41.3 Å². The molecule has 1 saturated heterocycles. The van der Waals surface area contributed by atoms with E-state index in [0.717, 1.165) is 24.0 Å². The molecular weight excluding hydrogens is 523 g/mol. The molecule has 0 saturated carbocycles. The van der Waals surface area contributed by atoms with Gasteiger partial charge in [-0.1, -0.05) is 65.7 Å². The Morgan fingerprint density at radius 3 is 2.39 bits per heavy atom. The molecular formula is C30H30Cl2N2O4. The Balaban J connectivity index is 1.50. The lowest BCUT2D eigenvalue weighted by Crippen LogP contribution is -2.43. The van der Waals surface area contributed by atoms with Crippen molar-refractivity contribution in [1.82, 2.24) is 4.90 Å². The molecule has 0 spiro atoms. The average molecular weight is 553 g/mol. The van der Waals surface area contributed by atoms with E-state index >= 15 is 0 Å². The van der Waals surface area contributed by atoms with E-state index < -0.39 is 0 Å². The van der Waals surface area contributed by atoms with Gasteiger partial charge in [0.2, 0.25) is 5.91 Å². The molecule has 38 heavy (non-hydrogen) atoms. The highest BCUT2D eigenvalue weighted by Crippen LogP contribution is 2.27. The molecule has 3 aromatic carbocycles. The number of hydrogen-bond acceptors (Lipinski definition) is 4. The third-order valence-electron chi connectivity index (χ3n) is 6.59. The molecule has 8 heteroatoms. The number of benzene rings is 3. The molecule has 0 bridgehead atoms. The van der Waals surface area contributed by atoms with Crippen molar-refractivity contribution < 1.29 is 19.1 Å². The van der Waals surface area contributed by atoms with Crippen LogP contribution in [0.4, 0.5) is 5.69 Å². The third kappa shape index (κ3) is 6.94. The van der Waals surface area contributed by atoms with Gasteiger partial charge in [0.15, 0.2) is 0 Å². The zero-order valence-electron chi connectivity index (χ0n) is 21.2. The summed E-state index contributed by atoms with van der Waals surface area (Å²) in [7, 11) is 0. The number of hydrogen-bond donors (Lipinski definition) is 0. The summed E-state index contributed by atoms with van der Waals surface area (Å²) in [6.45, 7) is 3.49. The normalized spacial score (nSPS) is 15.1. The number of ether oxygens (including phenoxy) is 1. The molecule has 1 fully saturated rings. The van der Waals surface area contributed by atoms with Gasteiger partial charge in [-0.3, -0.25) is 14.4 Å². The summed E-state index contributed by atoms with van der Waals surface area (Å²) >= 11 is 12.4. The fourth-order valence-corrected chi connectivity index (χ4v) is 5.08. The highest BCUT2D eigenvalue weighted by molar-refractivity contribution is 6.37. The maximum absolute atomic E-state index is 13.6. The highest BCUT2D eigenvalue weighted by Gasteiger charge is 2.29. The van der Waals surface area contributed by atoms with E-state index in [-0.39, 0.29) is 35.1 Å². The van der Waals surface area contributed by atoms with Gasteiger partial charge in [-0.2, -0.15) is 0 Å². The third-order valence-corrected chi connectivity index (χ3v) is 7.14. The molecule has 1 heterocycles. The number of halogens is 2. The molecule has 4 rings (SSSR count). The first-order valence-corrected chi connectivity index (χ1v) is 13.5. The predicted octanol–water partition coefficient (Wildman–Crippen LogP) is 6.18. The van der Waals surface area contributed by atoms with Gasteiger partial charge in [0.25, 0.3) is 5.91 Å². The topological polar surface area (TPSA) is 66.9 Å². The van der Waals surface area contributed by atoms with Crippen LogP contribution in [0.2, 0.25) is 10.0 Å². The summed E-state index contributed by atoms with van der Waals surface area (Å²) in [5.41, 5.74) is 2.83. The first-order chi connectivity index (χ1) is 18.4. The number of amides is 2. The number of piperidine rings is 1. The van der Waals surface area contributed by atoms with Crippen molar-refractivity contribution in [2.24, 2.45) is 5.92 Å². The van der Waals surface area contributed by atoms with Crippen LogP contribution in [0, 0.1) is 5.92 Å². The lowest BCUT2D eigenvalue weighted by Gasteiger charge is -2.31. The Hall–Kier alpha value is -3.35. The lowest BCUT2D eigenvalue weighted by molar-refractivity contribution is -0.151. The zero-order valence-corrected chi connectivity index (χ0v) is 22.8. The quantitative estimate of drug-likeness (QED) is 0.313. The van der Waals surface area contributed by atoms with Crippen molar-refractivity contribution in [2.75, 3.05) is 24.6 Å². The molecule has 0 radical (unpaired) electrons. The summed E-state index contributed by atoms with van der Waals surface area (Å²) < 4.78 is 5.15. The Morgan fingerprint density at radius 2 is 1.71 bits per heavy atom. The van der Waals surface area contributed by atoms with Crippen LogP contribution in [0.3, 0.4) is 0 Å². The fraction of sp³-hybridized carbons (Fsp3) is 0.300. The molecule has 0 aromatic heterocycles. The average Bonchev–Trinajstić information content (AvgIpc) is 2.93. The number of rotatable bonds is 8. The smallest absolute Gasteiger partial charge is 0.310 e. The van der Waals surface area contributed by atoms with Gasteiger partial charge in [-0.15, -0.1) is 0 Å². The molecule has 1 atom stereocenters. The summed E-state index contributed by atoms with van der Waals surface area (Å²) in [5, 5.41) is 0.739. The summed E-state index contributed by atoms with van der Waals surface area (Å²) in [4.78, 5) is 42.1. The first kappa shape index (κ1) is 27.7. The van der Waals surface area contributed by atoms with Crippen LogP contribution in [0.5, 0.6) is 0 Å². The van der Waals surface area contributed by atoms with E-state index in [4.69, 9.17) is 27.9 Å². The second kappa shape index (κ2) is 12.9. The maximum atomic E-state index is 13.6. The Bertz CT molecular complexity index is 1280. The molecule has 6 nitrogen and oxygen atoms in total. The van der Waals surface area contributed by atoms with E-state index in [9.17, 15) is 14.4 Å². The van der Waals surface area contributed by atoms with Crippen molar-refractivity contribution >= 4 is 46.7 Å². The number of likely N-dealkylation sites (tertiary alicyclic amines) is 1. The monoisotopic (exact) mass is 552 g/mol. The number of anilines is 1. The number of carbonyl (C=O) groups is 3. The van der Waals surface area contributed by atoms with Gasteiger partial charge in [-0.05, 0) is 61.2 Å². The van der Waals surface area contributed by atoms with Gasteiger partial charge in [0.05, 0.1) is 36.1 Å². The Labute approximate surface area is 233 Å². The minimum atomic E-state index is -0.271. The maximum Gasteiger partial charge on any atom is 0.310 e. The summed E-state index contributed by atoms with van der Waals surface area (Å²) in [5.74, 6) is -0.792. The fourth-order valence-electron chi connectivity index (χ4n) is 4.59. The molecule has 0 aliphatic carbocycles. The SMILES string of the molecule is CCOC(=O)[C@@H]1CCCN(C(=O)Cc2ccc(N(Cc3ccccc3)C(=O)c3ccc(Cl)cc3Cl)cc2)C1. The van der Waals surface area contributed by atoms with Crippen LogP contribution in [0.15, 0.2) is 72.8 Å². The second-order valence-corrected chi connectivity index (χ2v) is 10.1. The van der Waals surface area contributed by atoms with Crippen LogP contribution >= 0.6 is 23.2 Å². The van der Waals surface area contributed by atoms with E-state index in [1.807, 2.05) is 54.6 Å². The van der Waals surface area contributed by atoms with Crippen molar-refractivity contribution in [1.29, 1.82) is 0 Å². The standard InChI is InChI=1S/C30H30Cl2N2O4/c1-2-38-30(37)23-9-6-16-33(20-23)28(35)17-21-10-13-25(14-11-21)34(19-22-7-4-3-5-8-22)29(36)26-15-12-24(31)18-27(26)32/h3-5,7-8,10-15,18,23H,2,6,9,16-17,19-20H2,1H3/t23-/m1/s1. The summed E-state index contributed by atoms with van der Waals surface area (Å²) in [6.07, 6.45) is 1.73. The molecule has 3 aromatic rings. The number of nitrogens with zero attached hydrogens (tertiary/aromatic N) is 2. The minimum Gasteiger partial charge on any atom is -0.466 e. The van der Waals surface area contributed by atoms with Crippen LogP contribution < -0.4 is 4.90 Å². The highest BCUT2D eigenvalue weighted by atomic mass is 35.5. The van der Waals surface area contributed by atoms with Gasteiger partial charge in [0.1, 0.15) is 0 Å². The molecule has 2 amide bonds.